The lowest BCUT2D eigenvalue weighted by molar-refractivity contribution is 0.361. The second kappa shape index (κ2) is 9.05. The molecule has 3 heteroatoms. The Labute approximate surface area is 251 Å². The fourth-order valence-electron chi connectivity index (χ4n) is 7.65. The van der Waals surface area contributed by atoms with Crippen LogP contribution < -0.4 is 9.47 Å². The molecule has 3 aliphatic rings. The lowest BCUT2D eigenvalue weighted by atomic mass is 9.83. The predicted octanol–water partition coefficient (Wildman–Crippen LogP) is 9.94. The number of methoxy groups -OCH3 is 2. The Bertz CT molecular complexity index is 1940. The number of fused-ring (bicyclic) bond motifs is 7. The first-order chi connectivity index (χ1) is 20.8. The number of ether oxygens (including phenoxy) is 2. The largest absolute Gasteiger partial charge is 0.497 e. The average Bonchev–Trinajstić information content (AvgIpc) is 3.60. The molecule has 0 spiro atoms. The smallest absolute Gasteiger partial charge is 0.160 e. The summed E-state index contributed by atoms with van der Waals surface area (Å²) in [5, 5.41) is 0. The Kier molecular flexibility index (Phi) is 5.43. The average molecular weight is 563 g/mol. The summed E-state index contributed by atoms with van der Waals surface area (Å²) >= 11 is 0. The maximum atomic E-state index is 18.6. The molecule has 0 aromatic heterocycles. The zero-order valence-electron chi connectivity index (χ0n) is 24.9. The molecule has 1 unspecified atom stereocenters. The molecule has 1 atom stereocenters. The highest BCUT2D eigenvalue weighted by atomic mass is 19.1. The van der Waals surface area contributed by atoms with Crippen LogP contribution in [0.4, 0.5) is 4.39 Å². The van der Waals surface area contributed by atoms with E-state index in [9.17, 15) is 0 Å². The fourth-order valence-corrected chi connectivity index (χ4v) is 7.65. The molecule has 0 saturated heterocycles. The van der Waals surface area contributed by atoms with E-state index in [4.69, 9.17) is 9.47 Å². The normalized spacial score (nSPS) is 20.8. The van der Waals surface area contributed by atoms with Gasteiger partial charge in [0.15, 0.2) is 5.67 Å². The van der Waals surface area contributed by atoms with E-state index in [-0.39, 0.29) is 0 Å². The first-order valence-corrected chi connectivity index (χ1v) is 14.7. The zero-order valence-corrected chi connectivity index (χ0v) is 24.9. The Morgan fingerprint density at radius 1 is 0.488 bits per heavy atom. The van der Waals surface area contributed by atoms with Crippen LogP contribution in [0.2, 0.25) is 0 Å². The van der Waals surface area contributed by atoms with E-state index in [2.05, 4.69) is 86.6 Å². The van der Waals surface area contributed by atoms with Crippen molar-refractivity contribution in [1.29, 1.82) is 0 Å². The molecule has 210 valence electrons. The van der Waals surface area contributed by atoms with Crippen LogP contribution in [0.1, 0.15) is 51.4 Å². The molecule has 0 amide bonds. The van der Waals surface area contributed by atoms with Gasteiger partial charge in [0.1, 0.15) is 11.5 Å². The minimum absolute atomic E-state index is 0.722. The molecule has 0 N–H and O–H groups in total. The van der Waals surface area contributed by atoms with Gasteiger partial charge >= 0.3 is 0 Å². The Morgan fingerprint density at radius 2 is 0.860 bits per heavy atom. The van der Waals surface area contributed by atoms with Crippen LogP contribution in [-0.4, -0.2) is 19.9 Å². The van der Waals surface area contributed by atoms with Gasteiger partial charge in [-0.3, -0.25) is 0 Å². The summed E-state index contributed by atoms with van der Waals surface area (Å²) in [6.07, 6.45) is 0. The van der Waals surface area contributed by atoms with Crippen LogP contribution in [0.3, 0.4) is 0 Å². The van der Waals surface area contributed by atoms with Crippen molar-refractivity contribution in [3.8, 4) is 33.8 Å². The van der Waals surface area contributed by atoms with E-state index in [0.717, 1.165) is 101 Å². The van der Waals surface area contributed by atoms with Crippen molar-refractivity contribution >= 4 is 22.3 Å². The molecule has 0 heterocycles. The standard InChI is InChI=1S/C40H31FO2/c1-22-14-15-23(2)35-34(22)38(36-30-12-8-6-10-26(30)28-18-16-24(42-4)20-32(28)36)40(3,41)39(35)37-31-13-9-7-11-27(31)29-19-17-25(43-5)21-33(29)37/h6-21H,1-5H3/b38-36-,39-37+. The number of allylic oxidation sites excluding steroid dienone is 2. The second-order valence-electron chi connectivity index (χ2n) is 11.9. The summed E-state index contributed by atoms with van der Waals surface area (Å²) in [6.45, 7) is 5.98. The number of alkyl halides is 1. The number of aryl methyl sites for hydroxylation is 2. The van der Waals surface area contributed by atoms with Crippen molar-refractivity contribution in [3.63, 3.8) is 0 Å². The molecule has 0 bridgehead atoms. The highest BCUT2D eigenvalue weighted by molar-refractivity contribution is 6.24. The Balaban J connectivity index is 1.57. The van der Waals surface area contributed by atoms with Crippen molar-refractivity contribution in [3.05, 3.63) is 142 Å². The third kappa shape index (κ3) is 3.39. The van der Waals surface area contributed by atoms with Crippen molar-refractivity contribution in [2.75, 3.05) is 14.2 Å². The molecule has 0 radical (unpaired) electrons. The van der Waals surface area contributed by atoms with Crippen molar-refractivity contribution in [1.82, 2.24) is 0 Å². The van der Waals surface area contributed by atoms with Crippen LogP contribution >= 0.6 is 0 Å². The lowest BCUT2D eigenvalue weighted by Gasteiger charge is -2.24. The zero-order chi connectivity index (χ0) is 29.6. The van der Waals surface area contributed by atoms with Gasteiger partial charge in [-0.15, -0.1) is 0 Å². The molecular weight excluding hydrogens is 531 g/mol. The number of halogens is 1. The van der Waals surface area contributed by atoms with Gasteiger partial charge in [-0.1, -0.05) is 72.8 Å². The van der Waals surface area contributed by atoms with Crippen molar-refractivity contribution in [2.45, 2.75) is 26.4 Å². The van der Waals surface area contributed by atoms with Gasteiger partial charge in [0.2, 0.25) is 0 Å². The van der Waals surface area contributed by atoms with E-state index < -0.39 is 5.67 Å². The predicted molar refractivity (Wildman–Crippen MR) is 174 cm³/mol. The van der Waals surface area contributed by atoms with Crippen LogP contribution in [0, 0.1) is 13.8 Å². The summed E-state index contributed by atoms with van der Waals surface area (Å²) in [6, 6.07) is 33.3. The van der Waals surface area contributed by atoms with Gasteiger partial charge in [-0.2, -0.15) is 0 Å². The van der Waals surface area contributed by atoms with Crippen LogP contribution in [0.15, 0.2) is 97.1 Å². The fraction of sp³-hybridized carbons (Fsp3) is 0.150. The minimum Gasteiger partial charge on any atom is -0.497 e. The van der Waals surface area contributed by atoms with E-state index >= 15 is 4.39 Å². The summed E-state index contributed by atoms with van der Waals surface area (Å²) in [4.78, 5) is 0. The molecule has 2 nitrogen and oxygen atoms in total. The number of benzene rings is 5. The highest BCUT2D eigenvalue weighted by Gasteiger charge is 2.50. The van der Waals surface area contributed by atoms with E-state index in [0.29, 0.717) is 0 Å². The molecule has 5 aromatic carbocycles. The number of rotatable bonds is 2. The minimum atomic E-state index is -1.81. The first kappa shape index (κ1) is 25.8. The van der Waals surface area contributed by atoms with Gasteiger partial charge in [0.25, 0.3) is 0 Å². The Hall–Kier alpha value is -4.89. The molecule has 5 aromatic rings. The van der Waals surface area contributed by atoms with Gasteiger partial charge in [-0.05, 0) is 123 Å². The topological polar surface area (TPSA) is 18.5 Å². The summed E-state index contributed by atoms with van der Waals surface area (Å²) in [7, 11) is 3.36. The summed E-state index contributed by atoms with van der Waals surface area (Å²) in [5.74, 6) is 1.52. The number of hydrogen-bond donors (Lipinski definition) is 0. The van der Waals surface area contributed by atoms with E-state index in [1.54, 1.807) is 21.1 Å². The molecule has 3 aliphatic carbocycles. The van der Waals surface area contributed by atoms with E-state index in [1.165, 1.54) is 0 Å². The molecule has 0 fully saturated rings. The second-order valence-corrected chi connectivity index (χ2v) is 11.9. The summed E-state index contributed by atoms with van der Waals surface area (Å²) < 4.78 is 29.9. The third-order valence-corrected chi connectivity index (χ3v) is 9.53. The molecular formula is C40H31FO2. The van der Waals surface area contributed by atoms with Crippen molar-refractivity contribution < 1.29 is 13.9 Å². The highest BCUT2D eigenvalue weighted by Crippen LogP contribution is 2.63. The SMILES string of the molecule is COc1ccc2c(c1)/C(=C1/c3c(C)ccc(C)c3/C(=C3/c4ccccc4-c4ccc(OC)cc43)C1(C)F)c1ccccc1-2. The van der Waals surface area contributed by atoms with Crippen molar-refractivity contribution in [2.24, 2.45) is 0 Å². The lowest BCUT2D eigenvalue weighted by Crippen LogP contribution is -2.19. The maximum Gasteiger partial charge on any atom is 0.160 e. The molecule has 0 aliphatic heterocycles. The van der Waals surface area contributed by atoms with Crippen LogP contribution in [-0.2, 0) is 0 Å². The van der Waals surface area contributed by atoms with Gasteiger partial charge < -0.3 is 9.47 Å². The van der Waals surface area contributed by atoms with Crippen LogP contribution in [0.5, 0.6) is 11.5 Å². The quantitative estimate of drug-likeness (QED) is 0.209. The Morgan fingerprint density at radius 3 is 1.26 bits per heavy atom. The van der Waals surface area contributed by atoms with Gasteiger partial charge in [0.05, 0.1) is 14.2 Å². The first-order valence-electron chi connectivity index (χ1n) is 14.7. The van der Waals surface area contributed by atoms with Gasteiger partial charge in [0, 0.05) is 11.1 Å². The maximum absolute atomic E-state index is 18.6. The van der Waals surface area contributed by atoms with Crippen LogP contribution in [0.25, 0.3) is 44.5 Å². The third-order valence-electron chi connectivity index (χ3n) is 9.53. The number of hydrogen-bond acceptors (Lipinski definition) is 2. The molecule has 0 saturated carbocycles. The molecule has 43 heavy (non-hydrogen) atoms. The summed E-state index contributed by atoms with van der Waals surface area (Å²) in [5.41, 5.74) is 14.2. The monoisotopic (exact) mass is 562 g/mol. The van der Waals surface area contributed by atoms with E-state index in [1.807, 2.05) is 24.3 Å². The van der Waals surface area contributed by atoms with Gasteiger partial charge in [-0.25, -0.2) is 4.39 Å². The molecule has 8 rings (SSSR count).